The van der Waals surface area contributed by atoms with Gasteiger partial charge in [0.1, 0.15) is 5.69 Å². The number of ether oxygens (including phenoxy) is 1. The van der Waals surface area contributed by atoms with Gasteiger partial charge in [0.2, 0.25) is 0 Å². The molecule has 7 heteroatoms. The van der Waals surface area contributed by atoms with Crippen LogP contribution in [0.2, 0.25) is 0 Å². The number of aromatic carboxylic acids is 1. The van der Waals surface area contributed by atoms with Crippen LogP contribution in [0.25, 0.3) is 0 Å². The zero-order chi connectivity index (χ0) is 14.5. The zero-order valence-electron chi connectivity index (χ0n) is 11.4. The van der Waals surface area contributed by atoms with E-state index in [0.29, 0.717) is 18.2 Å². The van der Waals surface area contributed by atoms with E-state index < -0.39 is 12.0 Å². The number of aromatic nitrogens is 1. The Kier molecular flexibility index (Phi) is 4.62. The number of aromatic amines is 1. The molecule has 2 amide bonds. The number of aryl methyl sites for hydroxylation is 1. The molecule has 0 spiro atoms. The fourth-order valence-corrected chi connectivity index (χ4v) is 2.21. The Morgan fingerprint density at radius 1 is 1.45 bits per heavy atom. The van der Waals surface area contributed by atoms with E-state index in [1.807, 2.05) is 0 Å². The molecule has 1 aromatic rings. The lowest BCUT2D eigenvalue weighted by molar-refractivity contribution is 0.0670. The molecule has 1 fully saturated rings. The largest absolute Gasteiger partial charge is 0.477 e. The summed E-state index contributed by atoms with van der Waals surface area (Å²) in [5, 5.41) is 14.3. The van der Waals surface area contributed by atoms with Gasteiger partial charge in [0.15, 0.2) is 0 Å². The van der Waals surface area contributed by atoms with Crippen LogP contribution in [0.15, 0.2) is 6.07 Å². The second kappa shape index (κ2) is 6.42. The van der Waals surface area contributed by atoms with Crippen LogP contribution in [0, 0.1) is 12.8 Å². The Labute approximate surface area is 116 Å². The number of rotatable bonds is 4. The average molecular weight is 281 g/mol. The topological polar surface area (TPSA) is 103 Å². The van der Waals surface area contributed by atoms with E-state index in [9.17, 15) is 9.59 Å². The Bertz CT molecular complexity index is 492. The molecule has 20 heavy (non-hydrogen) atoms. The Morgan fingerprint density at radius 2 is 2.15 bits per heavy atom. The Balaban J connectivity index is 1.86. The maximum atomic E-state index is 11.8. The minimum atomic E-state index is -1.10. The molecule has 110 valence electrons. The molecule has 0 radical (unpaired) electrons. The molecule has 0 atom stereocenters. The van der Waals surface area contributed by atoms with Crippen LogP contribution in [-0.4, -0.2) is 41.8 Å². The molecule has 1 aromatic heterocycles. The molecule has 1 aliphatic rings. The summed E-state index contributed by atoms with van der Waals surface area (Å²) < 4.78 is 5.25. The van der Waals surface area contributed by atoms with Gasteiger partial charge in [0, 0.05) is 25.5 Å². The van der Waals surface area contributed by atoms with Gasteiger partial charge in [-0.3, -0.25) is 0 Å². The van der Waals surface area contributed by atoms with Gasteiger partial charge in [-0.05, 0) is 31.7 Å². The van der Waals surface area contributed by atoms with Crippen LogP contribution in [0.4, 0.5) is 10.5 Å². The third kappa shape index (κ3) is 3.74. The number of hydrogen-bond donors (Lipinski definition) is 4. The van der Waals surface area contributed by atoms with Crippen LogP contribution in [0.3, 0.4) is 0 Å². The molecule has 2 heterocycles. The number of hydrogen-bond acceptors (Lipinski definition) is 3. The normalized spacial score (nSPS) is 15.8. The fourth-order valence-electron chi connectivity index (χ4n) is 2.21. The molecule has 0 aliphatic carbocycles. The fraction of sp³-hybridized carbons (Fsp3) is 0.538. The molecular formula is C13H19N3O4. The Hall–Kier alpha value is -2.02. The van der Waals surface area contributed by atoms with E-state index in [1.54, 1.807) is 13.0 Å². The Morgan fingerprint density at radius 3 is 2.80 bits per heavy atom. The van der Waals surface area contributed by atoms with Crippen molar-refractivity contribution in [3.05, 3.63) is 17.5 Å². The van der Waals surface area contributed by atoms with Crippen molar-refractivity contribution in [1.29, 1.82) is 0 Å². The van der Waals surface area contributed by atoms with Crippen LogP contribution in [0.5, 0.6) is 0 Å². The molecule has 2 rings (SSSR count). The highest BCUT2D eigenvalue weighted by Crippen LogP contribution is 2.17. The summed E-state index contributed by atoms with van der Waals surface area (Å²) in [4.78, 5) is 25.5. The number of carbonyl (C=O) groups is 2. The van der Waals surface area contributed by atoms with E-state index in [0.717, 1.165) is 26.1 Å². The van der Waals surface area contributed by atoms with Gasteiger partial charge >= 0.3 is 12.0 Å². The van der Waals surface area contributed by atoms with Gasteiger partial charge in [0.05, 0.1) is 5.69 Å². The van der Waals surface area contributed by atoms with Gasteiger partial charge < -0.3 is 25.5 Å². The number of carbonyl (C=O) groups excluding carboxylic acids is 1. The van der Waals surface area contributed by atoms with Crippen molar-refractivity contribution in [3.63, 3.8) is 0 Å². The lowest BCUT2D eigenvalue weighted by Crippen LogP contribution is -2.35. The van der Waals surface area contributed by atoms with E-state index >= 15 is 0 Å². The summed E-state index contributed by atoms with van der Waals surface area (Å²) in [6.07, 6.45) is 1.87. The first kappa shape index (κ1) is 14.4. The first-order chi connectivity index (χ1) is 9.56. The second-order valence-corrected chi connectivity index (χ2v) is 4.94. The van der Waals surface area contributed by atoms with Crippen LogP contribution >= 0.6 is 0 Å². The van der Waals surface area contributed by atoms with Gasteiger partial charge in [-0.25, -0.2) is 9.59 Å². The minimum Gasteiger partial charge on any atom is -0.477 e. The smallest absolute Gasteiger partial charge is 0.354 e. The molecule has 0 unspecified atom stereocenters. The highest BCUT2D eigenvalue weighted by atomic mass is 16.5. The molecule has 0 saturated carbocycles. The lowest BCUT2D eigenvalue weighted by atomic mass is 10.0. The van der Waals surface area contributed by atoms with E-state index in [-0.39, 0.29) is 11.4 Å². The highest BCUT2D eigenvalue weighted by molar-refractivity contribution is 5.99. The maximum absolute atomic E-state index is 11.8. The first-order valence-corrected chi connectivity index (χ1v) is 6.61. The SMILES string of the molecule is Cc1cc(NC(=O)NCC2CCOCC2)c(C(=O)O)[nH]1. The number of carboxylic acids is 1. The van der Waals surface area contributed by atoms with E-state index in [1.165, 1.54) is 0 Å². The predicted molar refractivity (Wildman–Crippen MR) is 73.1 cm³/mol. The third-order valence-corrected chi connectivity index (χ3v) is 3.31. The van der Waals surface area contributed by atoms with Crippen molar-refractivity contribution >= 4 is 17.7 Å². The van der Waals surface area contributed by atoms with Crippen molar-refractivity contribution in [2.75, 3.05) is 25.1 Å². The van der Waals surface area contributed by atoms with Crippen molar-refractivity contribution < 1.29 is 19.4 Å². The second-order valence-electron chi connectivity index (χ2n) is 4.94. The summed E-state index contributed by atoms with van der Waals surface area (Å²) in [7, 11) is 0. The van der Waals surface area contributed by atoms with Crippen molar-refractivity contribution in [2.24, 2.45) is 5.92 Å². The molecule has 0 aromatic carbocycles. The lowest BCUT2D eigenvalue weighted by Gasteiger charge is -2.22. The minimum absolute atomic E-state index is 0.0104. The molecule has 1 aliphatic heterocycles. The predicted octanol–water partition coefficient (Wildman–Crippen LogP) is 1.57. The van der Waals surface area contributed by atoms with E-state index in [4.69, 9.17) is 9.84 Å². The number of urea groups is 1. The third-order valence-electron chi connectivity index (χ3n) is 3.31. The average Bonchev–Trinajstić information content (AvgIpc) is 2.79. The summed E-state index contributed by atoms with van der Waals surface area (Å²) in [5.74, 6) is -0.681. The standard InChI is InChI=1S/C13H19N3O4/c1-8-6-10(11(15-8)12(17)18)16-13(19)14-7-9-2-4-20-5-3-9/h6,9,15H,2-5,7H2,1H3,(H,17,18)(H2,14,16,19). The number of amides is 2. The van der Waals surface area contributed by atoms with Crippen molar-refractivity contribution in [1.82, 2.24) is 10.3 Å². The number of carboxylic acid groups (broad SMARTS) is 1. The number of anilines is 1. The summed E-state index contributed by atoms with van der Waals surface area (Å²) in [5.41, 5.74) is 0.949. The zero-order valence-corrected chi connectivity index (χ0v) is 11.4. The number of nitrogens with one attached hydrogen (secondary N) is 3. The van der Waals surface area contributed by atoms with Gasteiger partial charge in [-0.1, -0.05) is 0 Å². The van der Waals surface area contributed by atoms with Crippen molar-refractivity contribution in [3.8, 4) is 0 Å². The van der Waals surface area contributed by atoms with Gasteiger partial charge in [0.25, 0.3) is 0 Å². The molecule has 7 nitrogen and oxygen atoms in total. The van der Waals surface area contributed by atoms with Crippen LogP contribution in [-0.2, 0) is 4.74 Å². The van der Waals surface area contributed by atoms with Crippen LogP contribution in [0.1, 0.15) is 29.0 Å². The summed E-state index contributed by atoms with van der Waals surface area (Å²) in [6, 6.07) is 1.20. The molecule has 4 N–H and O–H groups in total. The molecule has 1 saturated heterocycles. The van der Waals surface area contributed by atoms with E-state index in [2.05, 4.69) is 15.6 Å². The van der Waals surface area contributed by atoms with Crippen molar-refractivity contribution in [2.45, 2.75) is 19.8 Å². The molecule has 0 bridgehead atoms. The highest BCUT2D eigenvalue weighted by Gasteiger charge is 2.17. The van der Waals surface area contributed by atoms with Gasteiger partial charge in [-0.15, -0.1) is 0 Å². The van der Waals surface area contributed by atoms with Crippen LogP contribution < -0.4 is 10.6 Å². The summed E-state index contributed by atoms with van der Waals surface area (Å²) in [6.45, 7) is 3.76. The monoisotopic (exact) mass is 281 g/mol. The summed E-state index contributed by atoms with van der Waals surface area (Å²) >= 11 is 0. The first-order valence-electron chi connectivity index (χ1n) is 6.61. The molecular weight excluding hydrogens is 262 g/mol. The maximum Gasteiger partial charge on any atom is 0.354 e. The number of H-pyrrole nitrogens is 1. The van der Waals surface area contributed by atoms with Gasteiger partial charge in [-0.2, -0.15) is 0 Å². The quantitative estimate of drug-likeness (QED) is 0.672.